The minimum atomic E-state index is -0.336. The maximum atomic E-state index is 13.2. The second kappa shape index (κ2) is 12.4. The molecule has 2 heterocycles. The molecule has 3 fully saturated rings. The zero-order valence-electron chi connectivity index (χ0n) is 22.2. The van der Waals surface area contributed by atoms with Crippen LogP contribution in [0, 0.1) is 17.7 Å². The Balaban J connectivity index is 1.09. The molecule has 1 amide bonds. The van der Waals surface area contributed by atoms with E-state index in [0.29, 0.717) is 23.0 Å². The number of ketones is 1. The van der Waals surface area contributed by atoms with E-state index in [2.05, 4.69) is 15.9 Å². The summed E-state index contributed by atoms with van der Waals surface area (Å²) in [6, 6.07) is 12.1. The topological polar surface area (TPSA) is 75.9 Å². The van der Waals surface area contributed by atoms with Crippen molar-refractivity contribution in [3.05, 3.63) is 65.0 Å². The molecule has 0 bridgehead atoms. The van der Waals surface area contributed by atoms with E-state index < -0.39 is 0 Å². The average Bonchev–Trinajstić information content (AvgIpc) is 2.97. The number of likely N-dealkylation sites (tertiary alicyclic amines) is 1. The highest BCUT2D eigenvalue weighted by molar-refractivity contribution is 5.98. The average molecular weight is 522 g/mol. The Bertz CT molecular complexity index is 1100. The first-order valence-corrected chi connectivity index (χ1v) is 14.3. The largest absolute Gasteiger partial charge is 0.378 e. The zero-order chi connectivity index (χ0) is 26.5. The van der Waals surface area contributed by atoms with Crippen molar-refractivity contribution in [1.82, 2.24) is 4.90 Å². The third-order valence-corrected chi connectivity index (χ3v) is 8.90. The Kier molecular flexibility index (Phi) is 8.75. The first-order chi connectivity index (χ1) is 18.5. The van der Waals surface area contributed by atoms with Gasteiger partial charge in [-0.2, -0.15) is 0 Å². The minimum Gasteiger partial charge on any atom is -0.378 e. The number of benzene rings is 2. The number of carbonyl (C=O) groups excluding carboxylic acids is 2. The van der Waals surface area contributed by atoms with Crippen LogP contribution in [0.5, 0.6) is 0 Å². The maximum Gasteiger partial charge on any atom is 0.248 e. The Labute approximate surface area is 225 Å². The molecule has 1 aliphatic carbocycles. The Morgan fingerprint density at radius 2 is 1.58 bits per heavy atom. The molecule has 2 aliphatic heterocycles. The monoisotopic (exact) mass is 521 g/mol. The number of nitrogens with two attached hydrogens (primary N) is 1. The summed E-state index contributed by atoms with van der Waals surface area (Å²) < 4.78 is 18.7. The van der Waals surface area contributed by atoms with Crippen LogP contribution in [-0.4, -0.2) is 62.5 Å². The third-order valence-electron chi connectivity index (χ3n) is 8.90. The number of amides is 1. The predicted octanol–water partition coefficient (Wildman–Crippen LogP) is 5.02. The third kappa shape index (κ3) is 6.44. The molecule has 0 spiro atoms. The van der Waals surface area contributed by atoms with Gasteiger partial charge in [0.05, 0.1) is 13.2 Å². The molecule has 2 N–H and O–H groups in total. The summed E-state index contributed by atoms with van der Waals surface area (Å²) in [4.78, 5) is 29.8. The van der Waals surface area contributed by atoms with Gasteiger partial charge in [-0.1, -0.05) is 0 Å². The summed E-state index contributed by atoms with van der Waals surface area (Å²) in [7, 11) is 0. The molecular formula is C31H40FN3O3. The van der Waals surface area contributed by atoms with Crippen LogP contribution in [-0.2, 0) is 4.74 Å². The van der Waals surface area contributed by atoms with Crippen LogP contribution in [0.4, 0.5) is 10.1 Å². The number of anilines is 1. The van der Waals surface area contributed by atoms with Crippen molar-refractivity contribution < 1.29 is 18.7 Å². The van der Waals surface area contributed by atoms with Crippen LogP contribution in [0.2, 0.25) is 0 Å². The summed E-state index contributed by atoms with van der Waals surface area (Å²) >= 11 is 0. The second-order valence-electron chi connectivity index (χ2n) is 11.2. The van der Waals surface area contributed by atoms with E-state index in [4.69, 9.17) is 10.5 Å². The highest BCUT2D eigenvalue weighted by atomic mass is 19.1. The first kappa shape index (κ1) is 26.8. The van der Waals surface area contributed by atoms with Crippen LogP contribution < -0.4 is 10.6 Å². The van der Waals surface area contributed by atoms with Crippen molar-refractivity contribution in [3.63, 3.8) is 0 Å². The van der Waals surface area contributed by atoms with Gasteiger partial charge in [-0.05, 0) is 124 Å². The predicted molar refractivity (Wildman–Crippen MR) is 147 cm³/mol. The fraction of sp³-hybridized carbons (Fsp3) is 0.548. The molecule has 2 aromatic carbocycles. The molecule has 38 heavy (non-hydrogen) atoms. The summed E-state index contributed by atoms with van der Waals surface area (Å²) in [5.41, 5.74) is 9.33. The lowest BCUT2D eigenvalue weighted by Crippen LogP contribution is -2.37. The minimum absolute atomic E-state index is 0.0415. The van der Waals surface area contributed by atoms with Crippen molar-refractivity contribution in [3.8, 4) is 0 Å². The van der Waals surface area contributed by atoms with E-state index in [1.807, 2.05) is 12.1 Å². The summed E-state index contributed by atoms with van der Waals surface area (Å²) in [5.74, 6) is 0.625. The summed E-state index contributed by atoms with van der Waals surface area (Å²) in [6.45, 7) is 6.19. The molecule has 2 saturated heterocycles. The molecule has 0 atom stereocenters. The van der Waals surface area contributed by atoms with Gasteiger partial charge in [0.1, 0.15) is 5.82 Å². The van der Waals surface area contributed by atoms with Crippen molar-refractivity contribution in [2.24, 2.45) is 17.6 Å². The standard InChI is InChI=1S/C31H40FN3O3/c32-26-7-5-24(6-8-26)30(36)25-12-15-34(16-13-25)14-11-22-1-3-23(4-2-22)29-21-27(9-10-28(29)31(33)37)35-17-19-38-20-18-35/h5-10,21-23,25H,1-4,11-20H2,(H2,33,37). The van der Waals surface area contributed by atoms with Gasteiger partial charge in [-0.15, -0.1) is 0 Å². The van der Waals surface area contributed by atoms with Crippen molar-refractivity contribution in [2.75, 3.05) is 50.8 Å². The van der Waals surface area contributed by atoms with Crippen LogP contribution in [0.15, 0.2) is 42.5 Å². The molecule has 3 aliphatic rings. The van der Waals surface area contributed by atoms with Gasteiger partial charge >= 0.3 is 0 Å². The molecular weight excluding hydrogens is 481 g/mol. The van der Waals surface area contributed by atoms with E-state index in [1.54, 1.807) is 12.1 Å². The highest BCUT2D eigenvalue weighted by Crippen LogP contribution is 2.40. The highest BCUT2D eigenvalue weighted by Gasteiger charge is 2.29. The number of Topliss-reactive ketones (excluding diaryl/α,β-unsaturated/α-hetero) is 1. The van der Waals surface area contributed by atoms with Crippen LogP contribution in [0.1, 0.15) is 77.1 Å². The molecule has 0 radical (unpaired) electrons. The van der Waals surface area contributed by atoms with Crippen molar-refractivity contribution >= 4 is 17.4 Å². The van der Waals surface area contributed by atoms with Gasteiger partial charge in [0.15, 0.2) is 5.78 Å². The van der Waals surface area contributed by atoms with Crippen molar-refractivity contribution in [1.29, 1.82) is 0 Å². The quantitative estimate of drug-likeness (QED) is 0.494. The number of ether oxygens (including phenoxy) is 1. The van der Waals surface area contributed by atoms with Gasteiger partial charge in [-0.25, -0.2) is 4.39 Å². The van der Waals surface area contributed by atoms with E-state index in [0.717, 1.165) is 82.9 Å². The molecule has 204 valence electrons. The lowest BCUT2D eigenvalue weighted by Gasteiger charge is -2.35. The maximum absolute atomic E-state index is 13.2. The number of halogens is 1. The Morgan fingerprint density at radius 3 is 2.24 bits per heavy atom. The lowest BCUT2D eigenvalue weighted by atomic mass is 9.76. The number of piperidine rings is 1. The number of hydrogen-bond acceptors (Lipinski definition) is 5. The molecule has 7 heteroatoms. The van der Waals surface area contributed by atoms with Crippen LogP contribution in [0.25, 0.3) is 0 Å². The summed E-state index contributed by atoms with van der Waals surface area (Å²) in [5, 5.41) is 0. The Hall–Kier alpha value is -2.77. The van der Waals surface area contributed by atoms with E-state index in [1.165, 1.54) is 31.4 Å². The smallest absolute Gasteiger partial charge is 0.248 e. The fourth-order valence-electron chi connectivity index (χ4n) is 6.53. The molecule has 5 rings (SSSR count). The van der Waals surface area contributed by atoms with Gasteiger partial charge in [-0.3, -0.25) is 9.59 Å². The van der Waals surface area contributed by atoms with E-state index in [9.17, 15) is 14.0 Å². The molecule has 2 aromatic rings. The number of carbonyl (C=O) groups is 2. The van der Waals surface area contributed by atoms with Gasteiger partial charge < -0.3 is 20.3 Å². The number of primary amides is 1. The van der Waals surface area contributed by atoms with E-state index >= 15 is 0 Å². The summed E-state index contributed by atoms with van der Waals surface area (Å²) in [6.07, 6.45) is 7.45. The molecule has 0 aromatic heterocycles. The van der Waals surface area contributed by atoms with Crippen molar-refractivity contribution in [2.45, 2.75) is 50.9 Å². The normalized spacial score (nSPS) is 23.3. The number of rotatable bonds is 8. The van der Waals surface area contributed by atoms with Gasteiger partial charge in [0.25, 0.3) is 0 Å². The number of nitrogens with zero attached hydrogens (tertiary/aromatic N) is 2. The molecule has 0 unspecified atom stereocenters. The SMILES string of the molecule is NC(=O)c1ccc(N2CCOCC2)cc1C1CCC(CCN2CCC(C(=O)c3ccc(F)cc3)CC2)CC1. The second-order valence-corrected chi connectivity index (χ2v) is 11.2. The van der Waals surface area contributed by atoms with Gasteiger partial charge in [0.2, 0.25) is 5.91 Å². The first-order valence-electron chi connectivity index (χ1n) is 14.3. The van der Waals surface area contributed by atoms with Crippen LogP contribution in [0.3, 0.4) is 0 Å². The molecule has 6 nitrogen and oxygen atoms in total. The number of morpholine rings is 1. The number of hydrogen-bond donors (Lipinski definition) is 1. The Morgan fingerprint density at radius 1 is 0.895 bits per heavy atom. The van der Waals surface area contributed by atoms with Gasteiger partial charge in [0, 0.05) is 35.8 Å². The lowest BCUT2D eigenvalue weighted by molar-refractivity contribution is 0.0832. The molecule has 1 saturated carbocycles. The van der Waals surface area contributed by atoms with Crippen LogP contribution >= 0.6 is 0 Å². The zero-order valence-corrected chi connectivity index (χ0v) is 22.2. The fourth-order valence-corrected chi connectivity index (χ4v) is 6.53. The van der Waals surface area contributed by atoms with E-state index in [-0.39, 0.29) is 23.4 Å².